The topological polar surface area (TPSA) is 76.7 Å². The molecule has 0 fully saturated rings. The fourth-order valence-corrected chi connectivity index (χ4v) is 6.74. The maximum Gasteiger partial charge on any atom is 0.407 e. The molecule has 1 aliphatic carbocycles. The standard InChI is InChI=1S/C35H50Br2N2O4/c1-3-5-23-42-33(40)38-21-13-9-7-11-19-35(20-12-8-10-14-22-39-34(41)43-24-6-4-2)31-25-27(36)15-17-29(31)30-18-16-28(37)26-32(30)35/h15-18,25-26H,3-14,19-24H2,1-2H3,(H,38,40)(H,39,41). The van der Waals surface area contributed by atoms with Crippen LogP contribution in [0.5, 0.6) is 0 Å². The Labute approximate surface area is 275 Å². The lowest BCUT2D eigenvalue weighted by molar-refractivity contribution is 0.143. The van der Waals surface area contributed by atoms with E-state index in [1.807, 2.05) is 0 Å². The zero-order valence-corrected chi connectivity index (χ0v) is 29.3. The summed E-state index contributed by atoms with van der Waals surface area (Å²) in [6.45, 7) is 6.47. The molecule has 0 unspecified atom stereocenters. The summed E-state index contributed by atoms with van der Waals surface area (Å²) < 4.78 is 12.6. The third-order valence-corrected chi connectivity index (χ3v) is 9.33. The Morgan fingerprint density at radius 3 is 1.47 bits per heavy atom. The molecule has 0 heterocycles. The molecule has 6 nitrogen and oxygen atoms in total. The van der Waals surface area contributed by atoms with Crippen molar-refractivity contribution in [3.8, 4) is 11.1 Å². The number of alkyl carbamates (subject to hydrolysis) is 2. The molecule has 0 saturated heterocycles. The van der Waals surface area contributed by atoms with Crippen LogP contribution in [0, 0.1) is 0 Å². The average Bonchev–Trinajstić information content (AvgIpc) is 3.24. The van der Waals surface area contributed by atoms with Crippen LogP contribution in [0.3, 0.4) is 0 Å². The van der Waals surface area contributed by atoms with Gasteiger partial charge in [-0.3, -0.25) is 0 Å². The minimum Gasteiger partial charge on any atom is -0.450 e. The Kier molecular flexibility index (Phi) is 15.9. The van der Waals surface area contributed by atoms with Gasteiger partial charge in [0.15, 0.2) is 0 Å². The molecule has 3 rings (SSSR count). The molecule has 43 heavy (non-hydrogen) atoms. The number of nitrogens with one attached hydrogen (secondary N) is 2. The third kappa shape index (κ3) is 11.1. The summed E-state index contributed by atoms with van der Waals surface area (Å²) in [4.78, 5) is 23.6. The number of benzene rings is 2. The first-order chi connectivity index (χ1) is 20.9. The van der Waals surface area contributed by atoms with Crippen LogP contribution in [0.25, 0.3) is 11.1 Å². The van der Waals surface area contributed by atoms with E-state index in [1.165, 1.54) is 22.3 Å². The van der Waals surface area contributed by atoms with E-state index in [2.05, 4.69) is 92.7 Å². The van der Waals surface area contributed by atoms with Gasteiger partial charge in [0.05, 0.1) is 13.2 Å². The second-order valence-corrected chi connectivity index (χ2v) is 13.5. The fraction of sp³-hybridized carbons (Fsp3) is 0.600. The van der Waals surface area contributed by atoms with Gasteiger partial charge >= 0.3 is 12.2 Å². The number of halogens is 2. The Bertz CT molecular complexity index is 1070. The number of fused-ring (bicyclic) bond motifs is 3. The van der Waals surface area contributed by atoms with Crippen LogP contribution >= 0.6 is 31.9 Å². The molecule has 0 saturated carbocycles. The lowest BCUT2D eigenvalue weighted by Crippen LogP contribution is -2.26. The number of amides is 2. The van der Waals surface area contributed by atoms with E-state index < -0.39 is 0 Å². The van der Waals surface area contributed by atoms with E-state index >= 15 is 0 Å². The molecular formula is C35H50Br2N2O4. The zero-order valence-electron chi connectivity index (χ0n) is 26.1. The van der Waals surface area contributed by atoms with E-state index in [-0.39, 0.29) is 17.6 Å². The third-order valence-electron chi connectivity index (χ3n) is 8.35. The van der Waals surface area contributed by atoms with Crippen molar-refractivity contribution in [2.24, 2.45) is 0 Å². The summed E-state index contributed by atoms with van der Waals surface area (Å²) >= 11 is 7.52. The minimum absolute atomic E-state index is 0.0269. The van der Waals surface area contributed by atoms with Gasteiger partial charge in [0.2, 0.25) is 0 Å². The van der Waals surface area contributed by atoms with Gasteiger partial charge in [0.25, 0.3) is 0 Å². The summed E-state index contributed by atoms with van der Waals surface area (Å²) in [5.74, 6) is 0. The number of unbranched alkanes of at least 4 members (excludes halogenated alkanes) is 8. The lowest BCUT2D eigenvalue weighted by Gasteiger charge is -2.33. The Hall–Kier alpha value is -2.06. The van der Waals surface area contributed by atoms with Crippen molar-refractivity contribution in [3.05, 3.63) is 56.5 Å². The van der Waals surface area contributed by atoms with Crippen LogP contribution in [0.1, 0.15) is 115 Å². The van der Waals surface area contributed by atoms with Crippen molar-refractivity contribution >= 4 is 44.0 Å². The van der Waals surface area contributed by atoms with Gasteiger partial charge in [-0.25, -0.2) is 9.59 Å². The smallest absolute Gasteiger partial charge is 0.407 e. The van der Waals surface area contributed by atoms with Gasteiger partial charge in [-0.05, 0) is 85.0 Å². The highest BCUT2D eigenvalue weighted by Crippen LogP contribution is 2.55. The van der Waals surface area contributed by atoms with Gasteiger partial charge in [-0.2, -0.15) is 0 Å². The highest BCUT2D eigenvalue weighted by Gasteiger charge is 2.42. The number of hydrogen-bond donors (Lipinski definition) is 2. The minimum atomic E-state index is -0.301. The Balaban J connectivity index is 1.56. The number of carbonyl (C=O) groups is 2. The molecule has 0 bridgehead atoms. The predicted molar refractivity (Wildman–Crippen MR) is 183 cm³/mol. The summed E-state index contributed by atoms with van der Waals surface area (Å²) in [7, 11) is 0. The van der Waals surface area contributed by atoms with E-state index in [1.54, 1.807) is 0 Å². The molecular weight excluding hydrogens is 672 g/mol. The van der Waals surface area contributed by atoms with Crippen molar-refractivity contribution < 1.29 is 19.1 Å². The number of rotatable bonds is 20. The van der Waals surface area contributed by atoms with Crippen molar-refractivity contribution in [3.63, 3.8) is 0 Å². The molecule has 0 aromatic heterocycles. The molecule has 2 aromatic carbocycles. The average molecular weight is 723 g/mol. The first-order valence-corrected chi connectivity index (χ1v) is 17.9. The highest BCUT2D eigenvalue weighted by atomic mass is 79.9. The molecule has 2 N–H and O–H groups in total. The van der Waals surface area contributed by atoms with E-state index in [4.69, 9.17) is 9.47 Å². The van der Waals surface area contributed by atoms with E-state index in [9.17, 15) is 9.59 Å². The zero-order chi connectivity index (χ0) is 30.9. The van der Waals surface area contributed by atoms with Crippen LogP contribution < -0.4 is 10.6 Å². The molecule has 2 aromatic rings. The maximum absolute atomic E-state index is 11.8. The molecule has 2 amide bonds. The molecule has 0 aliphatic heterocycles. The van der Waals surface area contributed by atoms with Crippen molar-refractivity contribution in [1.29, 1.82) is 0 Å². The van der Waals surface area contributed by atoms with Crippen molar-refractivity contribution in [1.82, 2.24) is 10.6 Å². The number of hydrogen-bond acceptors (Lipinski definition) is 4. The summed E-state index contributed by atoms with van der Waals surface area (Å²) in [6, 6.07) is 13.5. The van der Waals surface area contributed by atoms with Crippen molar-refractivity contribution in [2.75, 3.05) is 26.3 Å². The van der Waals surface area contributed by atoms with Crippen LogP contribution in [0.4, 0.5) is 9.59 Å². The monoisotopic (exact) mass is 720 g/mol. The van der Waals surface area contributed by atoms with E-state index in [0.29, 0.717) is 26.3 Å². The SMILES string of the molecule is CCCCOC(=O)NCCCCCCC1(CCCCCCNC(=O)OCCCC)c2cc(Br)ccc2-c2ccc(Br)cc21. The van der Waals surface area contributed by atoms with Crippen molar-refractivity contribution in [2.45, 2.75) is 109 Å². The Morgan fingerprint density at radius 2 is 1.05 bits per heavy atom. The highest BCUT2D eigenvalue weighted by molar-refractivity contribution is 9.10. The molecule has 238 valence electrons. The van der Waals surface area contributed by atoms with E-state index in [0.717, 1.165) is 98.8 Å². The predicted octanol–water partition coefficient (Wildman–Crippen LogP) is 10.4. The largest absolute Gasteiger partial charge is 0.450 e. The summed E-state index contributed by atoms with van der Waals surface area (Å²) in [5, 5.41) is 5.77. The van der Waals surface area contributed by atoms with Gasteiger partial charge in [0.1, 0.15) is 0 Å². The second-order valence-electron chi connectivity index (χ2n) is 11.6. The first kappa shape index (κ1) is 35.4. The second kappa shape index (κ2) is 19.4. The van der Waals surface area contributed by atoms with Gasteiger partial charge in [0, 0.05) is 27.4 Å². The van der Waals surface area contributed by atoms with Gasteiger partial charge < -0.3 is 20.1 Å². The summed E-state index contributed by atoms with van der Waals surface area (Å²) in [6.07, 6.45) is 14.0. The normalized spacial score (nSPS) is 12.8. The summed E-state index contributed by atoms with van der Waals surface area (Å²) in [5.41, 5.74) is 5.54. The molecule has 8 heteroatoms. The maximum atomic E-state index is 11.8. The fourth-order valence-electron chi connectivity index (χ4n) is 6.02. The lowest BCUT2D eigenvalue weighted by atomic mass is 9.70. The van der Waals surface area contributed by atoms with Crippen LogP contribution in [-0.4, -0.2) is 38.5 Å². The molecule has 0 atom stereocenters. The quantitative estimate of drug-likeness (QED) is 0.133. The number of ether oxygens (including phenoxy) is 2. The van der Waals surface area contributed by atoms with Gasteiger partial charge in [-0.15, -0.1) is 0 Å². The molecule has 1 aliphatic rings. The van der Waals surface area contributed by atoms with Gasteiger partial charge in [-0.1, -0.05) is 109 Å². The van der Waals surface area contributed by atoms with Crippen LogP contribution in [0.15, 0.2) is 45.3 Å². The Morgan fingerprint density at radius 1 is 0.628 bits per heavy atom. The van der Waals surface area contributed by atoms with Crippen LogP contribution in [0.2, 0.25) is 0 Å². The molecule has 0 spiro atoms. The first-order valence-electron chi connectivity index (χ1n) is 16.3. The van der Waals surface area contributed by atoms with Crippen LogP contribution in [-0.2, 0) is 14.9 Å². The number of carbonyl (C=O) groups excluding carboxylic acids is 2. The molecule has 0 radical (unpaired) electrons.